The van der Waals surface area contributed by atoms with Crippen LogP contribution >= 0.6 is 23.4 Å². The van der Waals surface area contributed by atoms with Gasteiger partial charge in [-0.15, -0.1) is 0 Å². The van der Waals surface area contributed by atoms with Crippen LogP contribution in [0.3, 0.4) is 0 Å². The molecule has 3 nitrogen and oxygen atoms in total. The van der Waals surface area contributed by atoms with E-state index < -0.39 is 0 Å². The maximum Gasteiger partial charge on any atom is 0.166 e. The van der Waals surface area contributed by atoms with Gasteiger partial charge < -0.3 is 4.98 Å². The van der Waals surface area contributed by atoms with Crippen molar-refractivity contribution in [3.05, 3.63) is 22.7 Å². The van der Waals surface area contributed by atoms with Crippen molar-refractivity contribution in [2.45, 2.75) is 5.16 Å². The van der Waals surface area contributed by atoms with Crippen LogP contribution in [-0.4, -0.2) is 16.2 Å². The van der Waals surface area contributed by atoms with E-state index in [-0.39, 0.29) is 0 Å². The van der Waals surface area contributed by atoms with Crippen LogP contribution in [0.25, 0.3) is 11.0 Å². The van der Waals surface area contributed by atoms with Gasteiger partial charge >= 0.3 is 0 Å². The molecule has 0 saturated heterocycles. The molecule has 1 N–H and O–H groups in total. The molecule has 0 atom stereocenters. The van der Waals surface area contributed by atoms with Gasteiger partial charge in [0.2, 0.25) is 0 Å². The number of thioether (sulfide) groups is 1. The number of aromatic nitrogens is 2. The van der Waals surface area contributed by atoms with Gasteiger partial charge in [-0.3, -0.25) is 0 Å². The molecule has 0 amide bonds. The Morgan fingerprint density at radius 3 is 3.00 bits per heavy atom. The number of rotatable bonds is 1. The minimum absolute atomic E-state index is 0.431. The summed E-state index contributed by atoms with van der Waals surface area (Å²) in [6, 6.07) is 5.58. The van der Waals surface area contributed by atoms with Gasteiger partial charge in [-0.1, -0.05) is 23.4 Å². The van der Waals surface area contributed by atoms with Gasteiger partial charge in [-0.2, -0.15) is 5.26 Å². The van der Waals surface area contributed by atoms with Gasteiger partial charge in [0.15, 0.2) is 5.16 Å². The number of nitrogens with one attached hydrogen (secondary N) is 1. The lowest BCUT2D eigenvalue weighted by molar-refractivity contribution is 1.08. The highest BCUT2D eigenvalue weighted by molar-refractivity contribution is 7.98. The Bertz CT molecular complexity index is 527. The fourth-order valence-electron chi connectivity index (χ4n) is 1.23. The maximum atomic E-state index is 8.90. The van der Waals surface area contributed by atoms with Gasteiger partial charge in [0.05, 0.1) is 16.1 Å². The van der Waals surface area contributed by atoms with E-state index in [9.17, 15) is 0 Å². The second-order valence-corrected chi connectivity index (χ2v) is 3.88. The van der Waals surface area contributed by atoms with Crippen molar-refractivity contribution in [3.8, 4) is 6.07 Å². The molecule has 1 aromatic carbocycles. The van der Waals surface area contributed by atoms with E-state index in [1.165, 1.54) is 11.8 Å². The summed E-state index contributed by atoms with van der Waals surface area (Å²) in [6.45, 7) is 0. The first kappa shape index (κ1) is 9.38. The molecule has 0 unspecified atom stereocenters. The van der Waals surface area contributed by atoms with Crippen LogP contribution in [0.5, 0.6) is 0 Å². The summed E-state index contributed by atoms with van der Waals surface area (Å²) in [4.78, 5) is 7.35. The van der Waals surface area contributed by atoms with Crippen LogP contribution in [0.2, 0.25) is 5.02 Å². The predicted octanol–water partition coefficient (Wildman–Crippen LogP) is 2.81. The molecule has 14 heavy (non-hydrogen) atoms. The molecule has 0 aliphatic rings. The lowest BCUT2D eigenvalue weighted by atomic mass is 10.2. The normalized spacial score (nSPS) is 10.4. The van der Waals surface area contributed by atoms with Crippen LogP contribution in [0.4, 0.5) is 0 Å². The van der Waals surface area contributed by atoms with Crippen molar-refractivity contribution in [2.24, 2.45) is 0 Å². The largest absolute Gasteiger partial charge is 0.333 e. The first-order valence-electron chi connectivity index (χ1n) is 3.88. The number of halogens is 1. The Balaban J connectivity index is 2.81. The molecule has 2 rings (SSSR count). The first-order valence-corrected chi connectivity index (χ1v) is 5.49. The van der Waals surface area contributed by atoms with Crippen molar-refractivity contribution in [2.75, 3.05) is 6.26 Å². The summed E-state index contributed by atoms with van der Waals surface area (Å²) in [5, 5.41) is 10.1. The molecule has 5 heteroatoms. The third-order valence-electron chi connectivity index (χ3n) is 1.89. The highest BCUT2D eigenvalue weighted by Gasteiger charge is 2.09. The number of aromatic amines is 1. The SMILES string of the molecule is CSc1nc2c(C#N)c(Cl)ccc2[nH]1. The van der Waals surface area contributed by atoms with E-state index in [0.29, 0.717) is 16.1 Å². The molecular formula is C9H6ClN3S. The number of nitriles is 1. The fourth-order valence-corrected chi connectivity index (χ4v) is 1.82. The van der Waals surface area contributed by atoms with Gasteiger partial charge in [0.25, 0.3) is 0 Å². The zero-order valence-electron chi connectivity index (χ0n) is 7.34. The Kier molecular flexibility index (Phi) is 2.36. The second kappa shape index (κ2) is 3.52. The molecular weight excluding hydrogens is 218 g/mol. The van der Waals surface area contributed by atoms with Crippen molar-refractivity contribution in [3.63, 3.8) is 0 Å². The minimum Gasteiger partial charge on any atom is -0.333 e. The number of benzene rings is 1. The molecule has 1 heterocycles. The number of imidazole rings is 1. The van der Waals surface area contributed by atoms with Crippen LogP contribution in [0.15, 0.2) is 17.3 Å². The first-order chi connectivity index (χ1) is 6.76. The summed E-state index contributed by atoms with van der Waals surface area (Å²) >= 11 is 7.37. The van der Waals surface area contributed by atoms with Crippen LogP contribution in [0.1, 0.15) is 5.56 Å². The molecule has 0 aliphatic heterocycles. The van der Waals surface area contributed by atoms with Gasteiger partial charge in [-0.05, 0) is 18.4 Å². The highest BCUT2D eigenvalue weighted by atomic mass is 35.5. The fraction of sp³-hybridized carbons (Fsp3) is 0.111. The van der Waals surface area contributed by atoms with Crippen LogP contribution < -0.4 is 0 Å². The quantitative estimate of drug-likeness (QED) is 0.757. The summed E-state index contributed by atoms with van der Waals surface area (Å²) in [5.41, 5.74) is 1.92. The second-order valence-electron chi connectivity index (χ2n) is 2.68. The molecule has 1 aromatic heterocycles. The van der Waals surface area contributed by atoms with E-state index in [0.717, 1.165) is 10.7 Å². The standard InChI is InChI=1S/C9H6ClN3S/c1-14-9-12-7-3-2-6(10)5(4-11)8(7)13-9/h2-3H,1H3,(H,12,13). The van der Waals surface area contributed by atoms with Crippen molar-refractivity contribution in [1.82, 2.24) is 9.97 Å². The topological polar surface area (TPSA) is 52.5 Å². The van der Waals surface area contributed by atoms with E-state index in [1.54, 1.807) is 6.07 Å². The molecule has 0 bridgehead atoms. The van der Waals surface area contributed by atoms with Crippen molar-refractivity contribution in [1.29, 1.82) is 5.26 Å². The summed E-state index contributed by atoms with van der Waals surface area (Å²) in [6.07, 6.45) is 1.92. The highest BCUT2D eigenvalue weighted by Crippen LogP contribution is 2.25. The van der Waals surface area contributed by atoms with Crippen molar-refractivity contribution >= 4 is 34.4 Å². The molecule has 2 aromatic rings. The molecule has 0 spiro atoms. The number of nitrogens with zero attached hydrogens (tertiary/aromatic N) is 2. The molecule has 0 aliphatic carbocycles. The van der Waals surface area contributed by atoms with E-state index >= 15 is 0 Å². The Labute approximate surface area is 90.1 Å². The summed E-state index contributed by atoms with van der Waals surface area (Å²) in [5.74, 6) is 0. The van der Waals surface area contributed by atoms with Gasteiger partial charge in [0.1, 0.15) is 11.6 Å². The molecule has 70 valence electrons. The monoisotopic (exact) mass is 223 g/mol. The van der Waals surface area contributed by atoms with Crippen molar-refractivity contribution < 1.29 is 0 Å². The van der Waals surface area contributed by atoms with Crippen LogP contribution in [0, 0.1) is 11.3 Å². The number of fused-ring (bicyclic) bond motifs is 1. The zero-order valence-corrected chi connectivity index (χ0v) is 8.91. The Morgan fingerprint density at radius 1 is 1.57 bits per heavy atom. The predicted molar refractivity (Wildman–Crippen MR) is 57.6 cm³/mol. The van der Waals surface area contributed by atoms with Gasteiger partial charge in [-0.25, -0.2) is 4.98 Å². The lowest BCUT2D eigenvalue weighted by Gasteiger charge is -1.93. The lowest BCUT2D eigenvalue weighted by Crippen LogP contribution is -1.79. The number of hydrogen-bond donors (Lipinski definition) is 1. The smallest absolute Gasteiger partial charge is 0.166 e. The molecule has 0 fully saturated rings. The Hall–Kier alpha value is -1.18. The maximum absolute atomic E-state index is 8.90. The van der Waals surface area contributed by atoms with E-state index in [1.807, 2.05) is 12.3 Å². The summed E-state index contributed by atoms with van der Waals surface area (Å²) < 4.78 is 0. The molecule has 0 radical (unpaired) electrons. The third-order valence-corrected chi connectivity index (χ3v) is 2.78. The Morgan fingerprint density at radius 2 is 2.36 bits per heavy atom. The van der Waals surface area contributed by atoms with Crippen LogP contribution in [-0.2, 0) is 0 Å². The number of H-pyrrole nitrogens is 1. The number of hydrogen-bond acceptors (Lipinski definition) is 3. The van der Waals surface area contributed by atoms with E-state index in [2.05, 4.69) is 16.0 Å². The zero-order chi connectivity index (χ0) is 10.1. The average molecular weight is 224 g/mol. The van der Waals surface area contributed by atoms with Gasteiger partial charge in [0, 0.05) is 0 Å². The minimum atomic E-state index is 0.431. The summed E-state index contributed by atoms with van der Waals surface area (Å²) in [7, 11) is 0. The average Bonchev–Trinajstić information content (AvgIpc) is 2.60. The molecule has 0 saturated carbocycles. The third kappa shape index (κ3) is 1.35. The van der Waals surface area contributed by atoms with E-state index in [4.69, 9.17) is 16.9 Å².